The molecule has 1 aliphatic carbocycles. The monoisotopic (exact) mass is 284 g/mol. The zero-order chi connectivity index (χ0) is 14.8. The molecule has 0 saturated heterocycles. The van der Waals surface area contributed by atoms with Gasteiger partial charge in [0.1, 0.15) is 12.4 Å². The van der Waals surface area contributed by atoms with Crippen molar-refractivity contribution in [3.05, 3.63) is 69.3 Å². The molecular weight excluding hydrogens is 268 g/mol. The van der Waals surface area contributed by atoms with Gasteiger partial charge in [0.15, 0.2) is 0 Å². The van der Waals surface area contributed by atoms with E-state index >= 15 is 0 Å². The molecule has 2 N–H and O–H groups in total. The van der Waals surface area contributed by atoms with Crippen LogP contribution < -0.4 is 10.5 Å². The summed E-state index contributed by atoms with van der Waals surface area (Å²) in [5.74, 6) is 0.860. The van der Waals surface area contributed by atoms with E-state index in [-0.39, 0.29) is 11.7 Å². The normalized spacial score (nSPS) is 16.5. The van der Waals surface area contributed by atoms with Crippen LogP contribution >= 0.6 is 0 Å². The quantitative estimate of drug-likeness (QED) is 0.691. The van der Waals surface area contributed by atoms with Gasteiger partial charge in [-0.05, 0) is 47.7 Å². The Hall–Kier alpha value is -2.40. The SMILES string of the molecule is NC1CCc2c(OCc3ccc([N+](=O)[O-])cc3)cccc21. The molecule has 1 atom stereocenters. The fourth-order valence-electron chi connectivity index (χ4n) is 2.66. The van der Waals surface area contributed by atoms with Crippen LogP contribution in [0.25, 0.3) is 0 Å². The van der Waals surface area contributed by atoms with Gasteiger partial charge in [-0.2, -0.15) is 0 Å². The first-order valence-corrected chi connectivity index (χ1v) is 6.88. The van der Waals surface area contributed by atoms with Crippen molar-refractivity contribution in [3.63, 3.8) is 0 Å². The van der Waals surface area contributed by atoms with Crippen LogP contribution in [0.4, 0.5) is 5.69 Å². The van der Waals surface area contributed by atoms with Gasteiger partial charge in [0.25, 0.3) is 5.69 Å². The Labute approximate surface area is 122 Å². The topological polar surface area (TPSA) is 78.4 Å². The van der Waals surface area contributed by atoms with E-state index in [1.54, 1.807) is 12.1 Å². The van der Waals surface area contributed by atoms with E-state index in [1.807, 2.05) is 18.2 Å². The third-order valence-electron chi connectivity index (χ3n) is 3.82. The Morgan fingerprint density at radius 2 is 2.00 bits per heavy atom. The molecule has 0 spiro atoms. The van der Waals surface area contributed by atoms with E-state index in [9.17, 15) is 10.1 Å². The van der Waals surface area contributed by atoms with Gasteiger partial charge in [0, 0.05) is 18.2 Å². The molecule has 0 amide bonds. The van der Waals surface area contributed by atoms with Gasteiger partial charge in [0.05, 0.1) is 4.92 Å². The molecule has 2 aromatic rings. The van der Waals surface area contributed by atoms with Crippen LogP contribution in [0.1, 0.15) is 29.2 Å². The highest BCUT2D eigenvalue weighted by molar-refractivity contribution is 5.45. The van der Waals surface area contributed by atoms with E-state index in [2.05, 4.69) is 0 Å². The lowest BCUT2D eigenvalue weighted by Crippen LogP contribution is -2.05. The number of ether oxygens (including phenoxy) is 1. The predicted octanol–water partition coefficient (Wildman–Crippen LogP) is 3.12. The summed E-state index contributed by atoms with van der Waals surface area (Å²) in [6.45, 7) is 0.393. The number of benzene rings is 2. The summed E-state index contributed by atoms with van der Waals surface area (Å²) in [5.41, 5.74) is 9.39. The molecule has 108 valence electrons. The summed E-state index contributed by atoms with van der Waals surface area (Å²) in [7, 11) is 0. The number of rotatable bonds is 4. The Bertz CT molecular complexity index is 668. The summed E-state index contributed by atoms with van der Waals surface area (Å²) in [6.07, 6.45) is 1.89. The average molecular weight is 284 g/mol. The zero-order valence-corrected chi connectivity index (χ0v) is 11.5. The molecule has 5 nitrogen and oxygen atoms in total. The zero-order valence-electron chi connectivity index (χ0n) is 11.5. The molecule has 1 aliphatic rings. The van der Waals surface area contributed by atoms with Crippen LogP contribution in [0.3, 0.4) is 0 Å². The van der Waals surface area contributed by atoms with Crippen molar-refractivity contribution in [2.24, 2.45) is 5.73 Å². The standard InChI is InChI=1S/C16H16N2O3/c17-15-9-8-14-13(15)2-1-3-16(14)21-10-11-4-6-12(7-5-11)18(19)20/h1-7,15H,8-10,17H2. The summed E-state index contributed by atoms with van der Waals surface area (Å²) in [5, 5.41) is 10.6. The fraction of sp³-hybridized carbons (Fsp3) is 0.250. The lowest BCUT2D eigenvalue weighted by atomic mass is 10.1. The molecule has 0 heterocycles. The number of fused-ring (bicyclic) bond motifs is 1. The molecule has 3 rings (SSSR count). The van der Waals surface area contributed by atoms with Gasteiger partial charge in [-0.25, -0.2) is 0 Å². The van der Waals surface area contributed by atoms with Crippen LogP contribution in [-0.2, 0) is 13.0 Å². The molecule has 1 unspecified atom stereocenters. The molecule has 0 aromatic heterocycles. The van der Waals surface area contributed by atoms with Gasteiger partial charge in [-0.15, -0.1) is 0 Å². The van der Waals surface area contributed by atoms with Crippen molar-refractivity contribution in [3.8, 4) is 5.75 Å². The van der Waals surface area contributed by atoms with Crippen LogP contribution in [0, 0.1) is 10.1 Å². The first kappa shape index (κ1) is 13.6. The van der Waals surface area contributed by atoms with Crippen molar-refractivity contribution in [1.29, 1.82) is 0 Å². The molecule has 5 heteroatoms. The van der Waals surface area contributed by atoms with Crippen molar-refractivity contribution in [2.75, 3.05) is 0 Å². The number of nitro benzene ring substituents is 1. The maximum absolute atomic E-state index is 10.6. The minimum Gasteiger partial charge on any atom is -0.489 e. The number of hydrogen-bond donors (Lipinski definition) is 1. The van der Waals surface area contributed by atoms with Crippen molar-refractivity contribution >= 4 is 5.69 Å². The third kappa shape index (κ3) is 2.73. The molecule has 0 aliphatic heterocycles. The minimum absolute atomic E-state index is 0.0883. The molecule has 0 fully saturated rings. The van der Waals surface area contributed by atoms with E-state index in [0.29, 0.717) is 6.61 Å². The number of nitrogens with two attached hydrogens (primary N) is 1. The van der Waals surface area contributed by atoms with Crippen molar-refractivity contribution in [2.45, 2.75) is 25.5 Å². The van der Waals surface area contributed by atoms with Gasteiger partial charge in [0.2, 0.25) is 0 Å². The summed E-state index contributed by atoms with van der Waals surface area (Å²) in [4.78, 5) is 10.2. The largest absolute Gasteiger partial charge is 0.489 e. The number of non-ortho nitro benzene ring substituents is 1. The van der Waals surface area contributed by atoms with E-state index < -0.39 is 4.92 Å². The van der Waals surface area contributed by atoms with Crippen molar-refractivity contribution in [1.82, 2.24) is 0 Å². The van der Waals surface area contributed by atoms with E-state index in [1.165, 1.54) is 17.7 Å². The van der Waals surface area contributed by atoms with Crippen LogP contribution in [0.2, 0.25) is 0 Å². The Kier molecular flexibility index (Phi) is 3.58. The second-order valence-electron chi connectivity index (χ2n) is 5.18. The highest BCUT2D eigenvalue weighted by Crippen LogP contribution is 2.35. The molecule has 2 aromatic carbocycles. The summed E-state index contributed by atoms with van der Waals surface area (Å²) in [6, 6.07) is 12.5. The summed E-state index contributed by atoms with van der Waals surface area (Å²) >= 11 is 0. The highest BCUT2D eigenvalue weighted by Gasteiger charge is 2.22. The van der Waals surface area contributed by atoms with Gasteiger partial charge < -0.3 is 10.5 Å². The average Bonchev–Trinajstić information content (AvgIpc) is 2.88. The Morgan fingerprint density at radius 1 is 1.24 bits per heavy atom. The van der Waals surface area contributed by atoms with Gasteiger partial charge in [-0.3, -0.25) is 10.1 Å². The molecule has 21 heavy (non-hydrogen) atoms. The van der Waals surface area contributed by atoms with E-state index in [4.69, 9.17) is 10.5 Å². The first-order chi connectivity index (χ1) is 10.1. The maximum atomic E-state index is 10.6. The molecular formula is C16H16N2O3. The number of nitrogens with zero attached hydrogens (tertiary/aromatic N) is 1. The Morgan fingerprint density at radius 3 is 2.71 bits per heavy atom. The highest BCUT2D eigenvalue weighted by atomic mass is 16.6. The molecule has 0 radical (unpaired) electrons. The van der Waals surface area contributed by atoms with E-state index in [0.717, 1.165) is 29.7 Å². The second kappa shape index (κ2) is 5.54. The van der Waals surface area contributed by atoms with Crippen LogP contribution in [0.15, 0.2) is 42.5 Å². The lowest BCUT2D eigenvalue weighted by Gasteiger charge is -2.11. The minimum atomic E-state index is -0.407. The smallest absolute Gasteiger partial charge is 0.269 e. The summed E-state index contributed by atoms with van der Waals surface area (Å²) < 4.78 is 5.86. The maximum Gasteiger partial charge on any atom is 0.269 e. The van der Waals surface area contributed by atoms with Crippen molar-refractivity contribution < 1.29 is 9.66 Å². The Balaban J connectivity index is 1.72. The van der Waals surface area contributed by atoms with Gasteiger partial charge >= 0.3 is 0 Å². The fourth-order valence-corrected chi connectivity index (χ4v) is 2.66. The third-order valence-corrected chi connectivity index (χ3v) is 3.82. The lowest BCUT2D eigenvalue weighted by molar-refractivity contribution is -0.384. The first-order valence-electron chi connectivity index (χ1n) is 6.88. The van der Waals surface area contributed by atoms with Crippen LogP contribution in [0.5, 0.6) is 5.75 Å². The number of nitro groups is 1. The van der Waals surface area contributed by atoms with Gasteiger partial charge in [-0.1, -0.05) is 12.1 Å². The predicted molar refractivity (Wildman–Crippen MR) is 79.1 cm³/mol. The van der Waals surface area contributed by atoms with Crippen LogP contribution in [-0.4, -0.2) is 4.92 Å². The second-order valence-corrected chi connectivity index (χ2v) is 5.18. The molecule has 0 bridgehead atoms. The number of hydrogen-bond acceptors (Lipinski definition) is 4. The molecule has 0 saturated carbocycles.